The number of carbonyl (C=O) groups excluding carboxylic acids is 1. The first-order chi connectivity index (χ1) is 7.72. The Morgan fingerprint density at radius 2 is 2.00 bits per heavy atom. The molecule has 0 aromatic rings. The summed E-state index contributed by atoms with van der Waals surface area (Å²) in [6.07, 6.45) is 1.65. The first-order valence-electron chi connectivity index (χ1n) is 5.96. The van der Waals surface area contributed by atoms with E-state index in [1.54, 1.807) is 0 Å². The summed E-state index contributed by atoms with van der Waals surface area (Å²) in [5.41, 5.74) is -0.818. The minimum Gasteiger partial charge on any atom is -0.481 e. The van der Waals surface area contributed by atoms with Crippen LogP contribution in [-0.2, 0) is 9.53 Å². The Labute approximate surface area is 101 Å². The van der Waals surface area contributed by atoms with E-state index in [1.165, 1.54) is 0 Å². The number of alkyl carbamates (subject to hydrolysis) is 1. The first-order valence-corrected chi connectivity index (χ1v) is 5.96. The van der Waals surface area contributed by atoms with Crippen molar-refractivity contribution >= 4 is 12.1 Å². The summed E-state index contributed by atoms with van der Waals surface area (Å²) in [4.78, 5) is 22.5. The molecule has 2 N–H and O–H groups in total. The third kappa shape index (κ3) is 2.53. The molecule has 0 heterocycles. The van der Waals surface area contributed by atoms with Crippen LogP contribution >= 0.6 is 0 Å². The Morgan fingerprint density at radius 1 is 1.35 bits per heavy atom. The summed E-state index contributed by atoms with van der Waals surface area (Å²) < 4.78 is 5.19. The molecule has 17 heavy (non-hydrogen) atoms. The number of carboxylic acid groups (broad SMARTS) is 1. The molecule has 2 aliphatic rings. The van der Waals surface area contributed by atoms with Gasteiger partial charge in [-0.1, -0.05) is 0 Å². The maximum Gasteiger partial charge on any atom is 0.408 e. The number of carboxylic acids is 1. The van der Waals surface area contributed by atoms with Gasteiger partial charge in [-0.15, -0.1) is 0 Å². The Morgan fingerprint density at radius 3 is 2.47 bits per heavy atom. The molecule has 2 saturated carbocycles. The predicted molar refractivity (Wildman–Crippen MR) is 60.6 cm³/mol. The molecule has 2 rings (SSSR count). The van der Waals surface area contributed by atoms with Gasteiger partial charge in [0.2, 0.25) is 0 Å². The van der Waals surface area contributed by atoms with Gasteiger partial charge >= 0.3 is 12.1 Å². The van der Waals surface area contributed by atoms with Crippen molar-refractivity contribution in [1.82, 2.24) is 5.32 Å². The zero-order valence-electron chi connectivity index (χ0n) is 10.4. The van der Waals surface area contributed by atoms with Crippen molar-refractivity contribution in [2.24, 2.45) is 11.8 Å². The largest absolute Gasteiger partial charge is 0.481 e. The standard InChI is InChI=1S/C12H19NO4/c1-11(2,3)17-10(16)13-12-5-7(9(14)15)4-8(12)6-12/h7-8H,4-6H2,1-3H3,(H,13,16)(H,14,15)/t7-,8+,12+/m1/s1. The van der Waals surface area contributed by atoms with Crippen LogP contribution in [0, 0.1) is 11.8 Å². The van der Waals surface area contributed by atoms with E-state index in [2.05, 4.69) is 5.32 Å². The molecule has 3 atom stereocenters. The van der Waals surface area contributed by atoms with E-state index in [0.717, 1.165) is 6.42 Å². The van der Waals surface area contributed by atoms with E-state index in [1.807, 2.05) is 20.8 Å². The molecule has 0 aromatic carbocycles. The van der Waals surface area contributed by atoms with Gasteiger partial charge in [0.05, 0.1) is 5.92 Å². The number of rotatable bonds is 2. The highest BCUT2D eigenvalue weighted by molar-refractivity contribution is 5.73. The third-order valence-electron chi connectivity index (χ3n) is 3.51. The van der Waals surface area contributed by atoms with Crippen LogP contribution in [0.2, 0.25) is 0 Å². The van der Waals surface area contributed by atoms with Crippen LogP contribution in [0.4, 0.5) is 4.79 Å². The normalized spacial score (nSPS) is 35.0. The topological polar surface area (TPSA) is 75.6 Å². The van der Waals surface area contributed by atoms with Crippen LogP contribution < -0.4 is 5.32 Å². The monoisotopic (exact) mass is 241 g/mol. The molecular formula is C12H19NO4. The van der Waals surface area contributed by atoms with Crippen molar-refractivity contribution < 1.29 is 19.4 Å². The van der Waals surface area contributed by atoms with Crippen LogP contribution in [-0.4, -0.2) is 28.3 Å². The van der Waals surface area contributed by atoms with E-state index >= 15 is 0 Å². The first kappa shape index (κ1) is 12.2. The SMILES string of the molecule is CC(C)(C)OC(=O)N[C@]12C[C@H](C(=O)O)C[C@H]1C2. The summed E-state index contributed by atoms with van der Waals surface area (Å²) in [7, 11) is 0. The summed E-state index contributed by atoms with van der Waals surface area (Å²) in [6.45, 7) is 5.43. The van der Waals surface area contributed by atoms with E-state index < -0.39 is 17.7 Å². The number of aliphatic carboxylic acids is 1. The molecule has 5 heteroatoms. The van der Waals surface area contributed by atoms with Crippen molar-refractivity contribution in [2.45, 2.75) is 51.2 Å². The minimum atomic E-state index is -0.762. The van der Waals surface area contributed by atoms with Gasteiger partial charge in [0.15, 0.2) is 0 Å². The predicted octanol–water partition coefficient (Wildman–Crippen LogP) is 1.76. The molecule has 96 valence electrons. The number of fused-ring (bicyclic) bond motifs is 1. The molecule has 2 aliphatic carbocycles. The van der Waals surface area contributed by atoms with Crippen molar-refractivity contribution in [3.05, 3.63) is 0 Å². The number of nitrogens with one attached hydrogen (secondary N) is 1. The Kier molecular flexibility index (Phi) is 2.60. The third-order valence-corrected chi connectivity index (χ3v) is 3.51. The fourth-order valence-electron chi connectivity index (χ4n) is 2.71. The van der Waals surface area contributed by atoms with Gasteiger partial charge in [-0.25, -0.2) is 4.79 Å². The second-order valence-electron chi connectivity index (χ2n) is 6.16. The van der Waals surface area contributed by atoms with E-state index in [9.17, 15) is 9.59 Å². The second kappa shape index (κ2) is 3.62. The van der Waals surface area contributed by atoms with Gasteiger partial charge in [-0.2, -0.15) is 0 Å². The lowest BCUT2D eigenvalue weighted by Gasteiger charge is -2.23. The smallest absolute Gasteiger partial charge is 0.408 e. The number of amides is 1. The summed E-state index contributed by atoms with van der Waals surface area (Å²) in [5, 5.41) is 11.8. The lowest BCUT2D eigenvalue weighted by atomic mass is 10.0. The molecular weight excluding hydrogens is 222 g/mol. The highest BCUT2D eigenvalue weighted by atomic mass is 16.6. The van der Waals surface area contributed by atoms with Crippen molar-refractivity contribution in [3.63, 3.8) is 0 Å². The molecule has 0 spiro atoms. The van der Waals surface area contributed by atoms with Gasteiger partial charge in [-0.05, 0) is 46.0 Å². The highest BCUT2D eigenvalue weighted by Gasteiger charge is 2.62. The summed E-state index contributed by atoms with van der Waals surface area (Å²) >= 11 is 0. The average Bonchev–Trinajstić information content (AvgIpc) is 2.63. The number of hydrogen-bond donors (Lipinski definition) is 2. The molecule has 2 fully saturated rings. The maximum atomic E-state index is 11.6. The van der Waals surface area contributed by atoms with Crippen LogP contribution in [0.3, 0.4) is 0 Å². The van der Waals surface area contributed by atoms with Crippen LogP contribution in [0.1, 0.15) is 40.0 Å². The lowest BCUT2D eigenvalue weighted by Crippen LogP contribution is -2.41. The molecule has 1 amide bonds. The quantitative estimate of drug-likeness (QED) is 0.772. The van der Waals surface area contributed by atoms with E-state index in [4.69, 9.17) is 9.84 Å². The maximum absolute atomic E-state index is 11.6. The van der Waals surface area contributed by atoms with Crippen molar-refractivity contribution in [1.29, 1.82) is 0 Å². The van der Waals surface area contributed by atoms with E-state index in [0.29, 0.717) is 18.8 Å². The number of hydrogen-bond acceptors (Lipinski definition) is 3. The zero-order chi connectivity index (χ0) is 12.8. The minimum absolute atomic E-state index is 0.300. The molecule has 0 unspecified atom stereocenters. The fourth-order valence-corrected chi connectivity index (χ4v) is 2.71. The van der Waals surface area contributed by atoms with Crippen molar-refractivity contribution in [2.75, 3.05) is 0 Å². The number of carbonyl (C=O) groups is 2. The molecule has 0 aromatic heterocycles. The Hall–Kier alpha value is -1.26. The zero-order valence-corrected chi connectivity index (χ0v) is 10.4. The fraction of sp³-hybridized carbons (Fsp3) is 0.833. The van der Waals surface area contributed by atoms with Crippen LogP contribution in [0.15, 0.2) is 0 Å². The van der Waals surface area contributed by atoms with Gasteiger partial charge in [0, 0.05) is 5.54 Å². The second-order valence-corrected chi connectivity index (χ2v) is 6.16. The Balaban J connectivity index is 1.89. The number of ether oxygens (including phenoxy) is 1. The van der Waals surface area contributed by atoms with Gasteiger partial charge in [0.25, 0.3) is 0 Å². The molecule has 0 radical (unpaired) electrons. The van der Waals surface area contributed by atoms with Gasteiger partial charge in [0.1, 0.15) is 5.60 Å². The van der Waals surface area contributed by atoms with Gasteiger partial charge in [-0.3, -0.25) is 4.79 Å². The average molecular weight is 241 g/mol. The Bertz CT molecular complexity index is 360. The molecule has 0 bridgehead atoms. The summed E-state index contributed by atoms with van der Waals surface area (Å²) in [6, 6.07) is 0. The van der Waals surface area contributed by atoms with Crippen LogP contribution in [0.5, 0.6) is 0 Å². The van der Waals surface area contributed by atoms with Crippen LogP contribution in [0.25, 0.3) is 0 Å². The van der Waals surface area contributed by atoms with Crippen molar-refractivity contribution in [3.8, 4) is 0 Å². The highest BCUT2D eigenvalue weighted by Crippen LogP contribution is 2.58. The molecule has 0 aliphatic heterocycles. The molecule has 5 nitrogen and oxygen atoms in total. The molecule has 0 saturated heterocycles. The van der Waals surface area contributed by atoms with Gasteiger partial charge < -0.3 is 15.2 Å². The lowest BCUT2D eigenvalue weighted by molar-refractivity contribution is -0.141. The summed E-state index contributed by atoms with van der Waals surface area (Å²) in [5.74, 6) is -0.762. The van der Waals surface area contributed by atoms with E-state index in [-0.39, 0.29) is 11.5 Å².